The molecule has 254 valence electrons. The highest BCUT2D eigenvalue weighted by Crippen LogP contribution is 2.36. The number of amidine groups is 1. The molecule has 5 aliphatic rings. The summed E-state index contributed by atoms with van der Waals surface area (Å²) in [6.07, 6.45) is 0.648. The number of sulfonamides is 1. The van der Waals surface area contributed by atoms with Crippen LogP contribution in [0.2, 0.25) is 0 Å². The van der Waals surface area contributed by atoms with Crippen LogP contribution in [0.4, 0.5) is 13.2 Å². The summed E-state index contributed by atoms with van der Waals surface area (Å²) in [4.78, 5) is 32.2. The normalized spacial score (nSPS) is 25.3. The van der Waals surface area contributed by atoms with Crippen molar-refractivity contribution in [3.8, 4) is 5.75 Å². The van der Waals surface area contributed by atoms with E-state index in [1.54, 1.807) is 30.1 Å². The SMILES string of the molecule is Cc1cc2ccc1CCS(=O)(=O)N1CCC3(CC1)N=C(NC3=O)c1cc(cc(C(F)(F)F)c1)OCCC/C=C/COCCN(C)C2=O. The molecule has 2 aromatic carbocycles. The summed E-state index contributed by atoms with van der Waals surface area (Å²) in [5.74, 6) is -0.802. The maximum Gasteiger partial charge on any atom is 0.416 e. The number of halogens is 3. The number of carbonyl (C=O) groups is 2. The Morgan fingerprint density at radius 1 is 0.979 bits per heavy atom. The van der Waals surface area contributed by atoms with Gasteiger partial charge in [0.2, 0.25) is 10.0 Å². The standard InChI is InChI=1S/C33H39F3N4O6S/c1-23-19-25-8-7-24(23)9-18-47(43,44)40-12-10-32(11-13-40)31(42)37-29(38-32)26-20-27(33(34,35)36)22-28(21-26)46-16-6-4-3-5-15-45-17-14-39(2)30(25)41/h3,5,7-8,19-22H,4,6,9-18H2,1-2H3,(H,37,38,42)/b5-3+. The fraction of sp³-hybridized carbons (Fsp3) is 0.485. The molecule has 5 heterocycles. The van der Waals surface area contributed by atoms with E-state index in [4.69, 9.17) is 9.47 Å². The highest BCUT2D eigenvalue weighted by Gasteiger charge is 2.47. The lowest BCUT2D eigenvalue weighted by Gasteiger charge is -2.34. The third kappa shape index (κ3) is 8.22. The number of amides is 2. The van der Waals surface area contributed by atoms with Crippen molar-refractivity contribution in [3.63, 3.8) is 0 Å². The van der Waals surface area contributed by atoms with Gasteiger partial charge >= 0.3 is 6.18 Å². The van der Waals surface area contributed by atoms with E-state index in [-0.39, 0.29) is 67.8 Å². The number of hydrogen-bond donors (Lipinski definition) is 1. The summed E-state index contributed by atoms with van der Waals surface area (Å²) in [6, 6.07) is 8.49. The molecule has 2 aromatic rings. The van der Waals surface area contributed by atoms with E-state index in [0.29, 0.717) is 38.2 Å². The quantitative estimate of drug-likeness (QED) is 0.420. The maximum atomic E-state index is 13.8. The van der Waals surface area contributed by atoms with Gasteiger partial charge in [-0.05, 0) is 80.5 Å². The largest absolute Gasteiger partial charge is 0.494 e. The Balaban J connectivity index is 1.38. The first kappa shape index (κ1) is 34.6. The second-order valence-corrected chi connectivity index (χ2v) is 14.1. The molecule has 1 N–H and O–H groups in total. The maximum absolute atomic E-state index is 13.8. The van der Waals surface area contributed by atoms with Gasteiger partial charge in [0.15, 0.2) is 0 Å². The van der Waals surface area contributed by atoms with Crippen LogP contribution in [0.3, 0.4) is 0 Å². The highest BCUT2D eigenvalue weighted by atomic mass is 32.2. The number of fused-ring (bicyclic) bond motifs is 2. The van der Waals surface area contributed by atoms with Gasteiger partial charge in [-0.25, -0.2) is 12.7 Å². The van der Waals surface area contributed by atoms with Crippen molar-refractivity contribution in [2.24, 2.45) is 4.99 Å². The minimum atomic E-state index is -4.65. The van der Waals surface area contributed by atoms with Gasteiger partial charge < -0.3 is 19.7 Å². The average Bonchev–Trinajstić information content (AvgIpc) is 3.34. The van der Waals surface area contributed by atoms with Gasteiger partial charge in [-0.1, -0.05) is 18.2 Å². The lowest BCUT2D eigenvalue weighted by molar-refractivity contribution is -0.137. The van der Waals surface area contributed by atoms with Crippen molar-refractivity contribution in [1.29, 1.82) is 0 Å². The molecule has 0 aliphatic carbocycles. The van der Waals surface area contributed by atoms with Crippen LogP contribution in [0.1, 0.15) is 58.3 Å². The molecule has 0 unspecified atom stereocenters. The summed E-state index contributed by atoms with van der Waals surface area (Å²) in [5, 5.41) is 2.64. The predicted molar refractivity (Wildman–Crippen MR) is 170 cm³/mol. The monoisotopic (exact) mass is 676 g/mol. The molecule has 1 spiro atoms. The van der Waals surface area contributed by atoms with Crippen LogP contribution in [0.25, 0.3) is 0 Å². The minimum absolute atomic E-state index is 0.00180. The number of hydrogen-bond acceptors (Lipinski definition) is 7. The number of allylic oxidation sites excluding steroid dienone is 1. The van der Waals surface area contributed by atoms with Crippen LogP contribution in [-0.4, -0.2) is 93.1 Å². The minimum Gasteiger partial charge on any atom is -0.494 e. The number of aliphatic imine (C=N–C) groups is 1. The van der Waals surface area contributed by atoms with Crippen molar-refractivity contribution >= 4 is 27.7 Å². The van der Waals surface area contributed by atoms with Crippen LogP contribution in [0.5, 0.6) is 5.75 Å². The Morgan fingerprint density at radius 3 is 2.47 bits per heavy atom. The first-order valence-electron chi connectivity index (χ1n) is 15.6. The Hall–Kier alpha value is -3.75. The van der Waals surface area contributed by atoms with E-state index in [1.165, 1.54) is 10.4 Å². The second kappa shape index (κ2) is 14.2. The number of alkyl halides is 3. The highest BCUT2D eigenvalue weighted by molar-refractivity contribution is 7.89. The summed E-state index contributed by atoms with van der Waals surface area (Å²) in [6.45, 7) is 3.12. The number of carbonyl (C=O) groups excluding carboxylic acids is 2. The van der Waals surface area contributed by atoms with Crippen LogP contribution in [0, 0.1) is 6.92 Å². The van der Waals surface area contributed by atoms with E-state index in [9.17, 15) is 31.2 Å². The van der Waals surface area contributed by atoms with E-state index in [0.717, 1.165) is 23.3 Å². The molecule has 0 atom stereocenters. The first-order valence-corrected chi connectivity index (χ1v) is 17.2. The van der Waals surface area contributed by atoms with Crippen molar-refractivity contribution in [3.05, 3.63) is 76.4 Å². The van der Waals surface area contributed by atoms with Gasteiger partial charge in [0.05, 0.1) is 31.1 Å². The Kier molecular flexibility index (Phi) is 10.4. The van der Waals surface area contributed by atoms with Gasteiger partial charge in [0.25, 0.3) is 11.8 Å². The summed E-state index contributed by atoms with van der Waals surface area (Å²) in [7, 11) is -2.01. The fourth-order valence-corrected chi connectivity index (χ4v) is 7.31. The predicted octanol–water partition coefficient (Wildman–Crippen LogP) is 4.11. The number of rotatable bonds is 0. The third-order valence-electron chi connectivity index (χ3n) is 8.73. The number of piperidine rings is 1. The van der Waals surface area contributed by atoms with Crippen LogP contribution in [0.15, 0.2) is 53.5 Å². The Bertz CT molecular complexity index is 1670. The second-order valence-electron chi connectivity index (χ2n) is 12.1. The molecule has 14 heteroatoms. The molecule has 0 saturated carbocycles. The molecule has 5 aliphatic heterocycles. The zero-order valence-corrected chi connectivity index (χ0v) is 27.3. The number of nitrogens with zero attached hydrogens (tertiary/aromatic N) is 3. The molecule has 0 aromatic heterocycles. The van der Waals surface area contributed by atoms with Gasteiger partial charge in [-0.2, -0.15) is 13.2 Å². The van der Waals surface area contributed by atoms with Gasteiger partial charge in [0.1, 0.15) is 17.1 Å². The molecule has 1 saturated heterocycles. The van der Waals surface area contributed by atoms with E-state index in [2.05, 4.69) is 10.3 Å². The van der Waals surface area contributed by atoms with Crippen molar-refractivity contribution < 1.29 is 40.7 Å². The fourth-order valence-electron chi connectivity index (χ4n) is 5.84. The zero-order chi connectivity index (χ0) is 33.8. The van der Waals surface area contributed by atoms with Gasteiger partial charge in [-0.3, -0.25) is 14.6 Å². The molecular weight excluding hydrogens is 637 g/mol. The zero-order valence-electron chi connectivity index (χ0n) is 26.4. The Morgan fingerprint density at radius 2 is 1.74 bits per heavy atom. The topological polar surface area (TPSA) is 118 Å². The number of nitrogens with one attached hydrogen (secondary N) is 1. The summed E-state index contributed by atoms with van der Waals surface area (Å²) >= 11 is 0. The van der Waals surface area contributed by atoms with E-state index >= 15 is 0 Å². The number of likely N-dealkylation sites (N-methyl/N-ethyl adjacent to an activating group) is 1. The van der Waals surface area contributed by atoms with Crippen molar-refractivity contribution in [1.82, 2.24) is 14.5 Å². The molecule has 1 fully saturated rings. The van der Waals surface area contributed by atoms with Crippen LogP contribution in [-0.2, 0) is 32.2 Å². The summed E-state index contributed by atoms with van der Waals surface area (Å²) in [5.41, 5.74) is -0.0328. The lowest BCUT2D eigenvalue weighted by Crippen LogP contribution is -2.50. The molecule has 2 amide bonds. The molecule has 7 bridgehead atoms. The van der Waals surface area contributed by atoms with Crippen molar-refractivity contribution in [2.45, 2.75) is 50.7 Å². The molecule has 0 radical (unpaired) electrons. The first-order chi connectivity index (χ1) is 22.3. The smallest absolute Gasteiger partial charge is 0.416 e. The summed E-state index contributed by atoms with van der Waals surface area (Å²) < 4.78 is 80.6. The van der Waals surface area contributed by atoms with Crippen LogP contribution >= 0.6 is 0 Å². The van der Waals surface area contributed by atoms with Crippen molar-refractivity contribution in [2.75, 3.05) is 52.3 Å². The van der Waals surface area contributed by atoms with E-state index < -0.39 is 33.2 Å². The number of ether oxygens (including phenoxy) is 2. The molecule has 7 rings (SSSR count). The lowest BCUT2D eigenvalue weighted by atomic mass is 9.89. The average molecular weight is 677 g/mol. The third-order valence-corrected chi connectivity index (χ3v) is 10.6. The van der Waals surface area contributed by atoms with E-state index in [1.807, 2.05) is 19.1 Å². The molecule has 47 heavy (non-hydrogen) atoms. The number of benzene rings is 2. The number of aryl methyl sites for hydroxylation is 2. The Labute approximate surface area is 272 Å². The van der Waals surface area contributed by atoms with Gasteiger partial charge in [-0.15, -0.1) is 0 Å². The van der Waals surface area contributed by atoms with Gasteiger partial charge in [0, 0.05) is 37.8 Å². The van der Waals surface area contributed by atoms with Crippen LogP contribution < -0.4 is 10.1 Å². The molecule has 10 nitrogen and oxygen atoms in total. The molecular formula is C33H39F3N4O6S.